The maximum Gasteiger partial charge on any atom is 0.0213 e. The van der Waals surface area contributed by atoms with Crippen LogP contribution in [0.25, 0.3) is 0 Å². The molecule has 1 aromatic carbocycles. The van der Waals surface area contributed by atoms with E-state index in [4.69, 9.17) is 0 Å². The van der Waals surface area contributed by atoms with E-state index >= 15 is 0 Å². The fourth-order valence-corrected chi connectivity index (χ4v) is 4.20. The summed E-state index contributed by atoms with van der Waals surface area (Å²) in [5.41, 5.74) is 3.77. The Kier molecular flexibility index (Phi) is 4.27. The molecule has 0 saturated heterocycles. The summed E-state index contributed by atoms with van der Waals surface area (Å²) in [7, 11) is 0. The molecule has 3 rings (SSSR count). The Hall–Kier alpha value is -0.530. The van der Waals surface area contributed by atoms with E-state index < -0.39 is 0 Å². The summed E-state index contributed by atoms with van der Waals surface area (Å²) in [5, 5.41) is 3.91. The molecule has 1 aliphatic heterocycles. The van der Waals surface area contributed by atoms with Gasteiger partial charge in [0.15, 0.2) is 0 Å². The van der Waals surface area contributed by atoms with Crippen molar-refractivity contribution in [1.29, 1.82) is 0 Å². The first-order valence-corrected chi connectivity index (χ1v) is 7.45. The van der Waals surface area contributed by atoms with Gasteiger partial charge < -0.3 is 5.32 Å². The molecule has 1 nitrogen and oxygen atoms in total. The molecule has 0 radical (unpaired) electrons. The monoisotopic (exact) mass is 279 g/mol. The molecule has 1 N–H and O–H groups in total. The highest BCUT2D eigenvalue weighted by Gasteiger charge is 2.40. The van der Waals surface area contributed by atoms with Gasteiger partial charge in [-0.3, -0.25) is 0 Å². The highest BCUT2D eigenvalue weighted by atomic mass is 35.5. The lowest BCUT2D eigenvalue weighted by Gasteiger charge is -2.41. The van der Waals surface area contributed by atoms with E-state index in [0.29, 0.717) is 11.0 Å². The van der Waals surface area contributed by atoms with Gasteiger partial charge in [-0.25, -0.2) is 0 Å². The van der Waals surface area contributed by atoms with Crippen LogP contribution < -0.4 is 5.32 Å². The minimum atomic E-state index is 0. The fraction of sp³-hybridized carbons (Fsp3) is 0.647. The molecule has 2 aliphatic rings. The van der Waals surface area contributed by atoms with Crippen molar-refractivity contribution in [3.63, 3.8) is 0 Å². The van der Waals surface area contributed by atoms with E-state index in [-0.39, 0.29) is 12.4 Å². The molecule has 1 aliphatic carbocycles. The molecule has 0 unspecified atom stereocenters. The van der Waals surface area contributed by atoms with Crippen LogP contribution >= 0.6 is 12.4 Å². The van der Waals surface area contributed by atoms with Crippen molar-refractivity contribution in [3.8, 4) is 0 Å². The quantitative estimate of drug-likeness (QED) is 0.733. The molecule has 1 saturated carbocycles. The maximum atomic E-state index is 3.91. The Morgan fingerprint density at radius 2 is 1.68 bits per heavy atom. The largest absolute Gasteiger partial charge is 0.307 e. The molecule has 0 atom stereocenters. The van der Waals surface area contributed by atoms with Crippen molar-refractivity contribution in [2.24, 2.45) is 0 Å². The minimum absolute atomic E-state index is 0. The van der Waals surface area contributed by atoms with Gasteiger partial charge in [0.2, 0.25) is 0 Å². The second-order valence-corrected chi connectivity index (χ2v) is 6.91. The van der Waals surface area contributed by atoms with Crippen LogP contribution in [0.5, 0.6) is 0 Å². The summed E-state index contributed by atoms with van der Waals surface area (Å²) in [6, 6.07) is 9.00. The normalized spacial score (nSPS) is 24.1. The van der Waals surface area contributed by atoms with E-state index in [1.165, 1.54) is 44.1 Å². The summed E-state index contributed by atoms with van der Waals surface area (Å²) >= 11 is 0. The van der Waals surface area contributed by atoms with Gasteiger partial charge in [0.1, 0.15) is 0 Å². The maximum absolute atomic E-state index is 3.91. The highest BCUT2D eigenvalue weighted by Crippen LogP contribution is 2.43. The minimum Gasteiger partial charge on any atom is -0.307 e. The van der Waals surface area contributed by atoms with Crippen molar-refractivity contribution < 1.29 is 0 Å². The van der Waals surface area contributed by atoms with Gasteiger partial charge >= 0.3 is 0 Å². The van der Waals surface area contributed by atoms with Gasteiger partial charge in [0.25, 0.3) is 0 Å². The average Bonchev–Trinajstić information content (AvgIpc) is 2.47. The van der Waals surface area contributed by atoms with Crippen LogP contribution in [0.15, 0.2) is 24.3 Å². The van der Waals surface area contributed by atoms with Crippen LogP contribution in [0.1, 0.15) is 63.5 Å². The van der Waals surface area contributed by atoms with Crippen LogP contribution in [0.3, 0.4) is 0 Å². The van der Waals surface area contributed by atoms with E-state index in [1.807, 2.05) is 0 Å². The Morgan fingerprint density at radius 3 is 2.42 bits per heavy atom. The molecule has 2 heteroatoms. The Bertz CT molecular complexity index is 433. The van der Waals surface area contributed by atoms with Gasteiger partial charge in [-0.2, -0.15) is 0 Å². The number of fused-ring (bicyclic) bond motifs is 1. The van der Waals surface area contributed by atoms with E-state index in [2.05, 4.69) is 43.4 Å². The third-order valence-electron chi connectivity index (χ3n) is 4.99. The molecule has 0 bridgehead atoms. The lowest BCUT2D eigenvalue weighted by molar-refractivity contribution is 0.186. The average molecular weight is 280 g/mol. The number of rotatable bonds is 0. The van der Waals surface area contributed by atoms with E-state index in [1.54, 1.807) is 5.56 Å². The summed E-state index contributed by atoms with van der Waals surface area (Å²) in [6.45, 7) is 5.91. The zero-order valence-electron chi connectivity index (χ0n) is 12.2. The topological polar surface area (TPSA) is 12.0 Å². The summed E-state index contributed by atoms with van der Waals surface area (Å²) in [5.74, 6) is 0. The number of hydrogen-bond donors (Lipinski definition) is 1. The van der Waals surface area contributed by atoms with Crippen molar-refractivity contribution in [2.45, 2.75) is 69.9 Å². The second kappa shape index (κ2) is 5.46. The predicted molar refractivity (Wildman–Crippen MR) is 84.0 cm³/mol. The molecule has 0 aromatic heterocycles. The molecule has 1 fully saturated rings. The van der Waals surface area contributed by atoms with Gasteiger partial charge in [-0.15, -0.1) is 12.4 Å². The number of halogens is 1. The summed E-state index contributed by atoms with van der Waals surface area (Å²) < 4.78 is 0. The molecular weight excluding hydrogens is 254 g/mol. The lowest BCUT2D eigenvalue weighted by atomic mass is 9.69. The smallest absolute Gasteiger partial charge is 0.0213 e. The molecule has 0 amide bonds. The van der Waals surface area contributed by atoms with Crippen LogP contribution in [-0.4, -0.2) is 5.54 Å². The number of nitrogens with one attached hydrogen (secondary N) is 1. The number of hydrogen-bond acceptors (Lipinski definition) is 1. The van der Waals surface area contributed by atoms with Crippen molar-refractivity contribution in [1.82, 2.24) is 5.32 Å². The molecule has 19 heavy (non-hydrogen) atoms. The van der Waals surface area contributed by atoms with Crippen LogP contribution in [0, 0.1) is 0 Å². The zero-order chi connectivity index (χ0) is 12.6. The molecular formula is C17H26ClN. The first-order valence-electron chi connectivity index (χ1n) is 7.45. The highest BCUT2D eigenvalue weighted by molar-refractivity contribution is 5.85. The second-order valence-electron chi connectivity index (χ2n) is 6.91. The fourth-order valence-electron chi connectivity index (χ4n) is 4.20. The van der Waals surface area contributed by atoms with E-state index in [0.717, 1.165) is 6.54 Å². The molecule has 1 spiro atoms. The Balaban J connectivity index is 0.00000133. The Labute approximate surface area is 123 Å². The Morgan fingerprint density at radius 1 is 1.00 bits per heavy atom. The van der Waals surface area contributed by atoms with Crippen LogP contribution in [0.2, 0.25) is 0 Å². The molecule has 1 heterocycles. The van der Waals surface area contributed by atoms with Crippen LogP contribution in [0.4, 0.5) is 0 Å². The zero-order valence-corrected chi connectivity index (χ0v) is 13.0. The van der Waals surface area contributed by atoms with Gasteiger partial charge in [-0.1, -0.05) is 57.4 Å². The van der Waals surface area contributed by atoms with Crippen molar-refractivity contribution >= 4 is 12.4 Å². The van der Waals surface area contributed by atoms with E-state index in [9.17, 15) is 0 Å². The van der Waals surface area contributed by atoms with Crippen molar-refractivity contribution in [2.75, 3.05) is 0 Å². The van der Waals surface area contributed by atoms with Gasteiger partial charge in [-0.05, 0) is 35.8 Å². The summed E-state index contributed by atoms with van der Waals surface area (Å²) in [4.78, 5) is 0. The third-order valence-corrected chi connectivity index (χ3v) is 4.99. The lowest BCUT2D eigenvalue weighted by Crippen LogP contribution is -2.48. The summed E-state index contributed by atoms with van der Waals surface area (Å²) in [6.07, 6.45) is 8.25. The first kappa shape index (κ1) is 14.9. The van der Waals surface area contributed by atoms with Crippen molar-refractivity contribution in [3.05, 3.63) is 35.4 Å². The molecule has 1 aromatic rings. The van der Waals surface area contributed by atoms with Crippen LogP contribution in [-0.2, 0) is 12.0 Å². The standard InChI is InChI=1S/C17H25N.ClH/c1-16(2)13-17(10-6-3-7-11-17)18-12-14-8-4-5-9-15(14)16;/h4-5,8-9,18H,3,6-7,10-13H2,1-2H3;1H. The third kappa shape index (κ3) is 2.83. The first-order chi connectivity index (χ1) is 8.61. The SMILES string of the molecule is CC1(C)CC2(CCCCC2)NCc2ccccc21.Cl. The number of benzene rings is 1. The molecule has 106 valence electrons. The predicted octanol–water partition coefficient (Wildman–Crippen LogP) is 4.58. The van der Waals surface area contributed by atoms with Gasteiger partial charge in [0, 0.05) is 12.1 Å². The van der Waals surface area contributed by atoms with Gasteiger partial charge in [0.05, 0.1) is 0 Å².